The zero-order chi connectivity index (χ0) is 11.2. The lowest BCUT2D eigenvalue weighted by Gasteiger charge is -2.23. The van der Waals surface area contributed by atoms with Gasteiger partial charge in [-0.3, -0.25) is 10.2 Å². The highest BCUT2D eigenvalue weighted by Gasteiger charge is 2.14. The highest BCUT2D eigenvalue weighted by Crippen LogP contribution is 2.05. The number of ether oxygens (including phenoxy) is 1. The van der Waals surface area contributed by atoms with Gasteiger partial charge in [0.05, 0.1) is 6.61 Å². The van der Waals surface area contributed by atoms with Crippen molar-refractivity contribution in [3.05, 3.63) is 35.9 Å². The SMILES string of the molecule is O=C(NNC1CCCOC1)c1ccccc1. The number of nitrogens with one attached hydrogen (secondary N) is 2. The van der Waals surface area contributed by atoms with E-state index in [2.05, 4.69) is 10.9 Å². The molecule has 0 bridgehead atoms. The molecule has 0 radical (unpaired) electrons. The summed E-state index contributed by atoms with van der Waals surface area (Å²) in [4.78, 5) is 11.7. The lowest BCUT2D eigenvalue weighted by Crippen LogP contribution is -2.47. The summed E-state index contributed by atoms with van der Waals surface area (Å²) < 4.78 is 5.31. The van der Waals surface area contributed by atoms with Crippen molar-refractivity contribution in [1.29, 1.82) is 0 Å². The summed E-state index contributed by atoms with van der Waals surface area (Å²) in [5, 5.41) is 0. The van der Waals surface area contributed by atoms with Gasteiger partial charge in [-0.15, -0.1) is 0 Å². The third kappa shape index (κ3) is 3.05. The maximum Gasteiger partial charge on any atom is 0.265 e. The standard InChI is InChI=1S/C12H16N2O2/c15-12(10-5-2-1-3-6-10)14-13-11-7-4-8-16-9-11/h1-3,5-6,11,13H,4,7-9H2,(H,14,15). The molecular weight excluding hydrogens is 204 g/mol. The summed E-state index contributed by atoms with van der Waals surface area (Å²) in [7, 11) is 0. The molecule has 1 aliphatic rings. The normalized spacial score (nSPS) is 20.4. The van der Waals surface area contributed by atoms with Crippen LogP contribution in [0.2, 0.25) is 0 Å². The maximum absolute atomic E-state index is 11.7. The topological polar surface area (TPSA) is 50.4 Å². The van der Waals surface area contributed by atoms with Crippen molar-refractivity contribution in [2.45, 2.75) is 18.9 Å². The molecule has 1 atom stereocenters. The van der Waals surface area contributed by atoms with Gasteiger partial charge in [-0.25, -0.2) is 5.43 Å². The lowest BCUT2D eigenvalue weighted by atomic mass is 10.1. The molecule has 1 amide bonds. The second-order valence-electron chi connectivity index (χ2n) is 3.88. The third-order valence-corrected chi connectivity index (χ3v) is 2.59. The number of carbonyl (C=O) groups is 1. The van der Waals surface area contributed by atoms with E-state index in [4.69, 9.17) is 4.74 Å². The minimum Gasteiger partial charge on any atom is -0.380 e. The van der Waals surface area contributed by atoms with E-state index in [0.29, 0.717) is 12.2 Å². The van der Waals surface area contributed by atoms with E-state index in [0.717, 1.165) is 19.4 Å². The van der Waals surface area contributed by atoms with Crippen molar-refractivity contribution in [3.63, 3.8) is 0 Å². The van der Waals surface area contributed by atoms with Gasteiger partial charge in [-0.05, 0) is 25.0 Å². The Morgan fingerprint density at radius 1 is 1.31 bits per heavy atom. The zero-order valence-corrected chi connectivity index (χ0v) is 9.11. The molecule has 1 aromatic rings. The number of carbonyl (C=O) groups excluding carboxylic acids is 1. The molecule has 1 saturated heterocycles. The Morgan fingerprint density at radius 3 is 2.81 bits per heavy atom. The minimum absolute atomic E-state index is 0.105. The van der Waals surface area contributed by atoms with Gasteiger partial charge in [0.15, 0.2) is 0 Å². The summed E-state index contributed by atoms with van der Waals surface area (Å²) in [6, 6.07) is 9.38. The zero-order valence-electron chi connectivity index (χ0n) is 9.11. The highest BCUT2D eigenvalue weighted by atomic mass is 16.5. The van der Waals surface area contributed by atoms with E-state index >= 15 is 0 Å². The Hall–Kier alpha value is -1.39. The molecule has 0 saturated carbocycles. The van der Waals surface area contributed by atoms with Crippen molar-refractivity contribution < 1.29 is 9.53 Å². The van der Waals surface area contributed by atoms with Crippen LogP contribution in [-0.4, -0.2) is 25.2 Å². The van der Waals surface area contributed by atoms with Gasteiger partial charge in [0, 0.05) is 18.2 Å². The van der Waals surface area contributed by atoms with Crippen LogP contribution in [0.1, 0.15) is 23.2 Å². The molecule has 1 fully saturated rings. The first-order valence-corrected chi connectivity index (χ1v) is 5.55. The van der Waals surface area contributed by atoms with Crippen LogP contribution < -0.4 is 10.9 Å². The summed E-state index contributed by atoms with van der Waals surface area (Å²) in [5.74, 6) is -0.105. The van der Waals surface area contributed by atoms with Gasteiger partial charge in [0.1, 0.15) is 0 Å². The van der Waals surface area contributed by atoms with Crippen molar-refractivity contribution in [1.82, 2.24) is 10.9 Å². The summed E-state index contributed by atoms with van der Waals surface area (Å²) in [6.07, 6.45) is 2.08. The first kappa shape index (κ1) is 11.1. The Bertz CT molecular complexity index is 334. The van der Waals surface area contributed by atoms with Crippen molar-refractivity contribution in [2.75, 3.05) is 13.2 Å². The molecule has 2 rings (SSSR count). The van der Waals surface area contributed by atoms with E-state index in [1.165, 1.54) is 0 Å². The summed E-state index contributed by atoms with van der Waals surface area (Å²) >= 11 is 0. The second kappa shape index (κ2) is 5.63. The number of hydrogen-bond acceptors (Lipinski definition) is 3. The molecule has 1 unspecified atom stereocenters. The number of benzene rings is 1. The Labute approximate surface area is 95.0 Å². The molecule has 0 spiro atoms. The van der Waals surface area contributed by atoms with Gasteiger partial charge in [-0.2, -0.15) is 0 Å². The fourth-order valence-electron chi connectivity index (χ4n) is 1.68. The van der Waals surface area contributed by atoms with Crippen LogP contribution in [0.3, 0.4) is 0 Å². The quantitative estimate of drug-likeness (QED) is 0.750. The molecule has 2 N–H and O–H groups in total. The Kier molecular flexibility index (Phi) is 3.91. The Balaban J connectivity index is 1.79. The fraction of sp³-hybridized carbons (Fsp3) is 0.417. The fourth-order valence-corrected chi connectivity index (χ4v) is 1.68. The minimum atomic E-state index is -0.105. The highest BCUT2D eigenvalue weighted by molar-refractivity contribution is 5.93. The molecule has 4 heteroatoms. The molecule has 4 nitrogen and oxygen atoms in total. The average Bonchev–Trinajstić information content (AvgIpc) is 2.38. The number of hydrazine groups is 1. The first-order valence-electron chi connectivity index (χ1n) is 5.55. The van der Waals surface area contributed by atoms with Crippen molar-refractivity contribution >= 4 is 5.91 Å². The maximum atomic E-state index is 11.7. The molecule has 0 aromatic heterocycles. The van der Waals surface area contributed by atoms with Gasteiger partial charge in [0.25, 0.3) is 5.91 Å². The molecule has 0 aliphatic carbocycles. The van der Waals surface area contributed by atoms with Gasteiger partial charge < -0.3 is 4.74 Å². The molecule has 86 valence electrons. The first-order chi connectivity index (χ1) is 7.86. The van der Waals surface area contributed by atoms with E-state index < -0.39 is 0 Å². The van der Waals surface area contributed by atoms with Crippen molar-refractivity contribution in [3.8, 4) is 0 Å². The average molecular weight is 220 g/mol. The summed E-state index contributed by atoms with van der Waals surface area (Å²) in [5.41, 5.74) is 6.35. The molecule has 1 aromatic carbocycles. The summed E-state index contributed by atoms with van der Waals surface area (Å²) in [6.45, 7) is 1.49. The lowest BCUT2D eigenvalue weighted by molar-refractivity contribution is 0.0619. The van der Waals surface area contributed by atoms with E-state index in [1.807, 2.05) is 18.2 Å². The molecule has 1 aliphatic heterocycles. The van der Waals surface area contributed by atoms with Crippen LogP contribution in [0.4, 0.5) is 0 Å². The van der Waals surface area contributed by atoms with Crippen LogP contribution >= 0.6 is 0 Å². The van der Waals surface area contributed by atoms with E-state index in [1.54, 1.807) is 12.1 Å². The predicted molar refractivity (Wildman–Crippen MR) is 60.9 cm³/mol. The van der Waals surface area contributed by atoms with E-state index in [9.17, 15) is 4.79 Å². The predicted octanol–water partition coefficient (Wildman–Crippen LogP) is 1.10. The second-order valence-corrected chi connectivity index (χ2v) is 3.88. The third-order valence-electron chi connectivity index (χ3n) is 2.59. The van der Waals surface area contributed by atoms with Crippen LogP contribution in [0.5, 0.6) is 0 Å². The number of rotatable bonds is 3. The smallest absolute Gasteiger partial charge is 0.265 e. The van der Waals surface area contributed by atoms with Crippen LogP contribution in [-0.2, 0) is 4.74 Å². The van der Waals surface area contributed by atoms with Gasteiger partial charge >= 0.3 is 0 Å². The van der Waals surface area contributed by atoms with Gasteiger partial charge in [0.2, 0.25) is 0 Å². The van der Waals surface area contributed by atoms with E-state index in [-0.39, 0.29) is 11.9 Å². The van der Waals surface area contributed by atoms with Crippen LogP contribution in [0.15, 0.2) is 30.3 Å². The van der Waals surface area contributed by atoms with Gasteiger partial charge in [-0.1, -0.05) is 18.2 Å². The molecule has 16 heavy (non-hydrogen) atoms. The molecular formula is C12H16N2O2. The molecule has 1 heterocycles. The largest absolute Gasteiger partial charge is 0.380 e. The number of amides is 1. The van der Waals surface area contributed by atoms with Crippen LogP contribution in [0, 0.1) is 0 Å². The van der Waals surface area contributed by atoms with Crippen molar-refractivity contribution in [2.24, 2.45) is 0 Å². The van der Waals surface area contributed by atoms with Crippen LogP contribution in [0.25, 0.3) is 0 Å². The Morgan fingerprint density at radius 2 is 2.12 bits per heavy atom. The monoisotopic (exact) mass is 220 g/mol. The number of hydrogen-bond donors (Lipinski definition) is 2.